The maximum Gasteiger partial charge on any atom is 0.136 e. The fraction of sp³-hybridized carbons (Fsp3) is 0. The highest BCUT2D eigenvalue weighted by molar-refractivity contribution is 6.26. The molecule has 1 heteroatoms. The molecule has 0 aliphatic rings. The Hall–Kier alpha value is -6.70. The van der Waals surface area contributed by atoms with Gasteiger partial charge in [-0.25, -0.2) is 0 Å². The third-order valence-corrected chi connectivity index (χ3v) is 8.64. The number of furan rings is 1. The zero-order chi connectivity index (χ0) is 59.6. The van der Waals surface area contributed by atoms with Crippen LogP contribution in [0.1, 0.15) is 41.1 Å². The molecule has 1 nitrogen and oxygen atoms in total. The van der Waals surface area contributed by atoms with E-state index in [4.69, 9.17) is 29.1 Å². The minimum atomic E-state index is -1.10. The highest BCUT2D eigenvalue weighted by Gasteiger charge is 2.20. The molecule has 11 aromatic rings. The van der Waals surface area contributed by atoms with Gasteiger partial charge in [0.2, 0.25) is 0 Å². The molecule has 0 fully saturated rings. The van der Waals surface area contributed by atoms with Crippen molar-refractivity contribution in [2.45, 2.75) is 0 Å². The van der Waals surface area contributed by atoms with Gasteiger partial charge in [0.15, 0.2) is 0 Å². The molecule has 11 rings (SSSR count). The summed E-state index contributed by atoms with van der Waals surface area (Å²) >= 11 is 0. The number of hydrogen-bond acceptors (Lipinski definition) is 1. The van der Waals surface area contributed by atoms with Crippen LogP contribution in [0.15, 0.2) is 186 Å². The van der Waals surface area contributed by atoms with Gasteiger partial charge in [0.1, 0.15) is 11.2 Å². The molecule has 0 unspecified atom stereocenters. The Bertz CT molecular complexity index is 4840. The zero-order valence-electron chi connectivity index (χ0n) is 55.4. The number of hydrogen-bond donors (Lipinski definition) is 0. The van der Waals surface area contributed by atoms with Gasteiger partial charge in [-0.15, -0.1) is 0 Å². The Kier molecular flexibility index (Phi) is 2.50. The van der Waals surface area contributed by atoms with E-state index in [9.17, 15) is 16.4 Å². The second kappa shape index (κ2) is 10.9. The maximum atomic E-state index is 9.94. The van der Waals surface area contributed by atoms with Crippen molar-refractivity contribution in [2.24, 2.45) is 0 Å². The Balaban J connectivity index is 1.43. The van der Waals surface area contributed by atoms with E-state index in [1.54, 1.807) is 0 Å². The van der Waals surface area contributed by atoms with Gasteiger partial charge >= 0.3 is 0 Å². The summed E-state index contributed by atoms with van der Waals surface area (Å²) in [5.41, 5.74) is -5.86. The van der Waals surface area contributed by atoms with E-state index in [1.807, 2.05) is 0 Å². The van der Waals surface area contributed by atoms with Crippen molar-refractivity contribution in [3.05, 3.63) is 181 Å². The molecular weight excluding hydrogens is 617 g/mol. The first-order chi connectivity index (χ1) is 37.8. The molecule has 0 N–H and O–H groups in total. The summed E-state index contributed by atoms with van der Waals surface area (Å²) in [6.45, 7) is 0. The third-order valence-electron chi connectivity index (χ3n) is 8.64. The Morgan fingerprint density at radius 3 is 1.45 bits per heavy atom. The van der Waals surface area contributed by atoms with Crippen LogP contribution in [0.25, 0.3) is 109 Å². The summed E-state index contributed by atoms with van der Waals surface area (Å²) in [7, 11) is 0. The minimum absolute atomic E-state index is 0.430. The normalized spacial score (nSPS) is 20.2. The fourth-order valence-electron chi connectivity index (χ4n) is 6.54. The summed E-state index contributed by atoms with van der Waals surface area (Å²) in [5, 5.41) is -8.00. The standard InChI is InChI=1S/C50H30O/c1-3-16-35-31(12-1)14-9-23-39(35)47-41-18-5-7-20-43(41)48(44-21-8-6-19-42(44)47)40-24-10-15-33-30-34(26-28-36(33)40)38-22-11-25-45-50(38)49-37-17-4-2-13-32(37)27-29-46(49)51-45/h1-30H/i1D,2D,3D,4D,5D,6D,7D,8D,9D,10D,11D,12D,13D,14D,15D,16D,17D,18D,19D,20D,21D,22D,23D,24D,25D,26D,27D,28D,29D,30D. The highest BCUT2D eigenvalue weighted by atomic mass is 16.3. The first kappa shape index (κ1) is 11.7. The van der Waals surface area contributed by atoms with E-state index in [1.165, 1.54) is 0 Å². The molecule has 0 amide bonds. The van der Waals surface area contributed by atoms with Crippen molar-refractivity contribution in [3.63, 3.8) is 0 Å². The molecule has 51 heavy (non-hydrogen) atoms. The largest absolute Gasteiger partial charge is 0.456 e. The molecule has 10 aromatic carbocycles. The SMILES string of the molecule is [2H]c1c([2H])c(-c2c([2H])c([2H])c3c(-c4c5c([2H])c([2H])c([2H])c([2H])c5c(-c5c([2H])c([2H])c([2H])c6c([2H])c([2H])c([2H])c([2H])c56)c5c([2H])c([2H])c([2H])c([2H])c45)c([2H])c([2H])c([2H])c3c2[2H])c2c(oc3c([2H])c([2H])c4c([2H])c([2H])c([2H])c([2H])c4c32)c1[2H]. The van der Waals surface area contributed by atoms with Crippen LogP contribution in [-0.2, 0) is 0 Å². The Morgan fingerprint density at radius 2 is 0.784 bits per heavy atom. The van der Waals surface area contributed by atoms with Gasteiger partial charge in [-0.05, 0) is 105 Å². The molecule has 1 heterocycles. The lowest BCUT2D eigenvalue weighted by molar-refractivity contribution is 0.669. The number of rotatable bonds is 3. The van der Waals surface area contributed by atoms with Crippen LogP contribution < -0.4 is 0 Å². The predicted octanol–water partition coefficient (Wildman–Crippen LogP) is 14.4. The van der Waals surface area contributed by atoms with E-state index in [2.05, 4.69) is 0 Å². The molecule has 0 saturated carbocycles. The van der Waals surface area contributed by atoms with Gasteiger partial charge in [0.25, 0.3) is 0 Å². The minimum Gasteiger partial charge on any atom is -0.456 e. The van der Waals surface area contributed by atoms with E-state index in [0.29, 0.717) is 0 Å². The fourth-order valence-corrected chi connectivity index (χ4v) is 6.54. The quantitative estimate of drug-likeness (QED) is 0.170. The molecule has 0 spiro atoms. The van der Waals surface area contributed by atoms with Crippen molar-refractivity contribution >= 4 is 75.8 Å². The summed E-state index contributed by atoms with van der Waals surface area (Å²) in [6.07, 6.45) is 0. The Labute approximate surface area is 336 Å². The smallest absolute Gasteiger partial charge is 0.136 e. The molecular formula is C50H30O. The van der Waals surface area contributed by atoms with Crippen LogP contribution in [0.5, 0.6) is 0 Å². The van der Waals surface area contributed by atoms with E-state index in [0.717, 1.165) is 0 Å². The molecule has 0 saturated heterocycles. The van der Waals surface area contributed by atoms with Crippen molar-refractivity contribution in [1.29, 1.82) is 0 Å². The monoisotopic (exact) mass is 676 g/mol. The van der Waals surface area contributed by atoms with Gasteiger partial charge in [-0.2, -0.15) is 0 Å². The second-order valence-electron chi connectivity index (χ2n) is 11.3. The van der Waals surface area contributed by atoms with Gasteiger partial charge in [0, 0.05) is 10.8 Å². The first-order valence-corrected chi connectivity index (χ1v) is 15.2. The van der Waals surface area contributed by atoms with Gasteiger partial charge in [-0.3, -0.25) is 0 Å². The predicted molar refractivity (Wildman–Crippen MR) is 218 cm³/mol. The highest BCUT2D eigenvalue weighted by Crippen LogP contribution is 2.47. The zero-order valence-corrected chi connectivity index (χ0v) is 25.4. The number of benzene rings is 10. The second-order valence-corrected chi connectivity index (χ2v) is 11.3. The Morgan fingerprint density at radius 1 is 0.314 bits per heavy atom. The van der Waals surface area contributed by atoms with Crippen molar-refractivity contribution in [2.75, 3.05) is 0 Å². The summed E-state index contributed by atoms with van der Waals surface area (Å²) in [5.74, 6) is 0. The van der Waals surface area contributed by atoms with E-state index >= 15 is 0 Å². The van der Waals surface area contributed by atoms with Gasteiger partial charge < -0.3 is 4.42 Å². The summed E-state index contributed by atoms with van der Waals surface area (Å²) in [4.78, 5) is 0. The number of fused-ring (bicyclic) bond motifs is 9. The van der Waals surface area contributed by atoms with Crippen LogP contribution in [0.4, 0.5) is 0 Å². The molecule has 0 aliphatic heterocycles. The average Bonchev–Trinajstić information content (AvgIpc) is 4.09. The molecule has 0 bridgehead atoms. The van der Waals surface area contributed by atoms with Crippen molar-refractivity contribution in [1.82, 2.24) is 0 Å². The maximum absolute atomic E-state index is 9.94. The molecule has 0 radical (unpaired) electrons. The summed E-state index contributed by atoms with van der Waals surface area (Å²) < 4.78 is 279. The van der Waals surface area contributed by atoms with Crippen molar-refractivity contribution < 1.29 is 45.5 Å². The van der Waals surface area contributed by atoms with Crippen LogP contribution >= 0.6 is 0 Å². The van der Waals surface area contributed by atoms with Crippen LogP contribution in [0.3, 0.4) is 0 Å². The van der Waals surface area contributed by atoms with Gasteiger partial charge in [-0.1, -0.05) is 163 Å². The van der Waals surface area contributed by atoms with E-state index in [-0.39, 0.29) is 0 Å². The van der Waals surface area contributed by atoms with E-state index < -0.39 is 290 Å². The first-order valence-electron chi connectivity index (χ1n) is 30.2. The molecule has 236 valence electrons. The lowest BCUT2D eigenvalue weighted by atomic mass is 9.83. The topological polar surface area (TPSA) is 13.1 Å². The van der Waals surface area contributed by atoms with Crippen molar-refractivity contribution in [3.8, 4) is 33.4 Å². The lowest BCUT2D eigenvalue weighted by Crippen LogP contribution is -1.92. The summed E-state index contributed by atoms with van der Waals surface area (Å²) in [6, 6.07) is -28.6. The third kappa shape index (κ3) is 4.16. The van der Waals surface area contributed by atoms with Crippen LogP contribution in [0.2, 0.25) is 0 Å². The molecule has 1 aromatic heterocycles. The molecule has 0 atom stereocenters. The molecule has 0 aliphatic carbocycles. The van der Waals surface area contributed by atoms with Gasteiger partial charge in [0.05, 0.1) is 41.1 Å². The van der Waals surface area contributed by atoms with Crippen LogP contribution in [-0.4, -0.2) is 0 Å². The lowest BCUT2D eigenvalue weighted by Gasteiger charge is -2.20. The average molecular weight is 677 g/mol. The van der Waals surface area contributed by atoms with Crippen LogP contribution in [0, 0.1) is 0 Å².